The standard InChI is InChI=1S/C48H84O6/c1-4-7-10-13-15-17-18-19-20-21-22-23-24-25-26-27-28-29-30-31-33-35-38-41-47(50)53-44-45(43-52-46(49)40-37-34-12-9-6-3)54-48(51)42-39-36-32-16-14-11-8-5-2/h7,10,15,17,19-20,22-23,45H,4-6,8-9,11-14,16,18,21,24-44H2,1-3H3/b10-7-,17-15-,20-19-,23-22-. The molecule has 0 radical (unpaired) electrons. The quantitative estimate of drug-likeness (QED) is 0.0268. The summed E-state index contributed by atoms with van der Waals surface area (Å²) in [7, 11) is 0. The summed E-state index contributed by atoms with van der Waals surface area (Å²) in [6, 6.07) is 0. The van der Waals surface area contributed by atoms with Crippen LogP contribution in [-0.4, -0.2) is 37.2 Å². The van der Waals surface area contributed by atoms with Crippen molar-refractivity contribution in [2.75, 3.05) is 13.2 Å². The molecule has 0 fully saturated rings. The minimum atomic E-state index is -0.765. The zero-order valence-electron chi connectivity index (χ0n) is 35.5. The van der Waals surface area contributed by atoms with E-state index in [4.69, 9.17) is 14.2 Å². The first-order valence-corrected chi connectivity index (χ1v) is 22.6. The number of hydrogen-bond acceptors (Lipinski definition) is 6. The monoisotopic (exact) mass is 757 g/mol. The average molecular weight is 757 g/mol. The highest BCUT2D eigenvalue weighted by molar-refractivity contribution is 5.71. The summed E-state index contributed by atoms with van der Waals surface area (Å²) in [6.45, 7) is 6.40. The number of hydrogen-bond donors (Lipinski definition) is 0. The molecule has 0 aromatic carbocycles. The molecule has 0 aromatic heterocycles. The van der Waals surface area contributed by atoms with E-state index in [0.717, 1.165) is 89.9 Å². The highest BCUT2D eigenvalue weighted by atomic mass is 16.6. The lowest BCUT2D eigenvalue weighted by Crippen LogP contribution is -2.30. The highest BCUT2D eigenvalue weighted by Gasteiger charge is 2.19. The van der Waals surface area contributed by atoms with Crippen LogP contribution < -0.4 is 0 Å². The maximum atomic E-state index is 12.6. The second-order valence-electron chi connectivity index (χ2n) is 14.9. The second-order valence-corrected chi connectivity index (χ2v) is 14.9. The van der Waals surface area contributed by atoms with E-state index >= 15 is 0 Å². The minimum Gasteiger partial charge on any atom is -0.462 e. The van der Waals surface area contributed by atoms with E-state index < -0.39 is 6.10 Å². The van der Waals surface area contributed by atoms with Crippen molar-refractivity contribution in [3.8, 4) is 0 Å². The Morgan fingerprint density at radius 2 is 0.722 bits per heavy atom. The van der Waals surface area contributed by atoms with Crippen molar-refractivity contribution >= 4 is 17.9 Å². The van der Waals surface area contributed by atoms with Gasteiger partial charge in [0.1, 0.15) is 13.2 Å². The number of esters is 3. The second kappa shape index (κ2) is 43.1. The van der Waals surface area contributed by atoms with E-state index in [2.05, 4.69) is 69.4 Å². The summed E-state index contributed by atoms with van der Waals surface area (Å²) in [5, 5.41) is 0. The van der Waals surface area contributed by atoms with Gasteiger partial charge in [0.2, 0.25) is 0 Å². The molecular formula is C48H84O6. The first-order chi connectivity index (χ1) is 26.5. The fraction of sp³-hybridized carbons (Fsp3) is 0.771. The van der Waals surface area contributed by atoms with Gasteiger partial charge in [0, 0.05) is 19.3 Å². The molecule has 0 bridgehead atoms. The fourth-order valence-corrected chi connectivity index (χ4v) is 6.20. The Morgan fingerprint density at radius 3 is 1.13 bits per heavy atom. The lowest BCUT2D eigenvalue weighted by molar-refractivity contribution is -0.167. The van der Waals surface area contributed by atoms with Gasteiger partial charge in [-0.05, 0) is 57.8 Å². The van der Waals surface area contributed by atoms with Crippen LogP contribution in [-0.2, 0) is 28.6 Å². The predicted molar refractivity (Wildman–Crippen MR) is 229 cm³/mol. The van der Waals surface area contributed by atoms with Crippen molar-refractivity contribution in [3.63, 3.8) is 0 Å². The third-order valence-electron chi connectivity index (χ3n) is 9.60. The third-order valence-corrected chi connectivity index (χ3v) is 9.60. The van der Waals surface area contributed by atoms with Crippen LogP contribution in [0.2, 0.25) is 0 Å². The molecular weight excluding hydrogens is 673 g/mol. The van der Waals surface area contributed by atoms with E-state index in [1.807, 2.05) is 0 Å². The number of rotatable bonds is 40. The van der Waals surface area contributed by atoms with E-state index in [1.165, 1.54) is 89.9 Å². The van der Waals surface area contributed by atoms with Crippen molar-refractivity contribution in [2.45, 2.75) is 226 Å². The van der Waals surface area contributed by atoms with Crippen LogP contribution in [0.4, 0.5) is 0 Å². The Kier molecular flexibility index (Phi) is 41.0. The van der Waals surface area contributed by atoms with Gasteiger partial charge < -0.3 is 14.2 Å². The molecule has 312 valence electrons. The van der Waals surface area contributed by atoms with Crippen LogP contribution in [0.15, 0.2) is 48.6 Å². The molecule has 0 amide bonds. The molecule has 6 nitrogen and oxygen atoms in total. The molecule has 54 heavy (non-hydrogen) atoms. The lowest BCUT2D eigenvalue weighted by Gasteiger charge is -2.18. The van der Waals surface area contributed by atoms with E-state index in [-0.39, 0.29) is 31.1 Å². The van der Waals surface area contributed by atoms with Crippen LogP contribution in [0.1, 0.15) is 220 Å². The van der Waals surface area contributed by atoms with Gasteiger partial charge in [0.25, 0.3) is 0 Å². The Hall–Kier alpha value is -2.63. The SMILES string of the molecule is CC/C=C\C/C=C\C/C=C\C/C=C\CCCCCCCCCCCCC(=O)OCC(COC(=O)CCCCCCC)OC(=O)CCCCCCCCCC. The molecule has 0 saturated carbocycles. The molecule has 0 rings (SSSR count). The minimum absolute atomic E-state index is 0.0739. The van der Waals surface area contributed by atoms with Crippen molar-refractivity contribution in [1.82, 2.24) is 0 Å². The Labute approximate surface area is 333 Å². The maximum Gasteiger partial charge on any atom is 0.306 e. The fourth-order valence-electron chi connectivity index (χ4n) is 6.20. The Bertz CT molecular complexity index is 964. The topological polar surface area (TPSA) is 78.9 Å². The third kappa shape index (κ3) is 40.6. The Morgan fingerprint density at radius 1 is 0.389 bits per heavy atom. The average Bonchev–Trinajstić information content (AvgIpc) is 3.17. The van der Waals surface area contributed by atoms with Gasteiger partial charge in [0.05, 0.1) is 0 Å². The summed E-state index contributed by atoms with van der Waals surface area (Å²) in [6.07, 6.45) is 50.0. The molecule has 0 aliphatic heterocycles. The van der Waals surface area contributed by atoms with Crippen LogP contribution in [0.5, 0.6) is 0 Å². The number of unbranched alkanes of at least 4 members (excludes halogenated alkanes) is 21. The molecule has 0 aromatic rings. The smallest absolute Gasteiger partial charge is 0.306 e. The molecule has 0 N–H and O–H groups in total. The van der Waals surface area contributed by atoms with Gasteiger partial charge in [-0.2, -0.15) is 0 Å². The molecule has 6 heteroatoms. The first-order valence-electron chi connectivity index (χ1n) is 22.6. The largest absolute Gasteiger partial charge is 0.462 e. The van der Waals surface area contributed by atoms with Crippen molar-refractivity contribution in [1.29, 1.82) is 0 Å². The van der Waals surface area contributed by atoms with Gasteiger partial charge in [-0.1, -0.05) is 191 Å². The summed E-state index contributed by atoms with van der Waals surface area (Å²) in [5.41, 5.74) is 0. The van der Waals surface area contributed by atoms with Crippen LogP contribution >= 0.6 is 0 Å². The normalized spacial score (nSPS) is 12.4. The van der Waals surface area contributed by atoms with Crippen molar-refractivity contribution in [2.24, 2.45) is 0 Å². The lowest BCUT2D eigenvalue weighted by atomic mass is 10.1. The number of ether oxygens (including phenoxy) is 3. The maximum absolute atomic E-state index is 12.6. The number of carbonyl (C=O) groups is 3. The van der Waals surface area contributed by atoms with Crippen molar-refractivity contribution < 1.29 is 28.6 Å². The van der Waals surface area contributed by atoms with Crippen LogP contribution in [0.3, 0.4) is 0 Å². The highest BCUT2D eigenvalue weighted by Crippen LogP contribution is 2.14. The van der Waals surface area contributed by atoms with Gasteiger partial charge in [-0.25, -0.2) is 0 Å². The van der Waals surface area contributed by atoms with E-state index in [9.17, 15) is 14.4 Å². The van der Waals surface area contributed by atoms with Crippen molar-refractivity contribution in [3.05, 3.63) is 48.6 Å². The van der Waals surface area contributed by atoms with Crippen LogP contribution in [0, 0.1) is 0 Å². The summed E-state index contributed by atoms with van der Waals surface area (Å²) >= 11 is 0. The van der Waals surface area contributed by atoms with Gasteiger partial charge in [-0.15, -0.1) is 0 Å². The Balaban J connectivity index is 4.05. The van der Waals surface area contributed by atoms with Gasteiger partial charge >= 0.3 is 17.9 Å². The molecule has 0 aliphatic carbocycles. The van der Waals surface area contributed by atoms with Crippen LogP contribution in [0.25, 0.3) is 0 Å². The zero-order chi connectivity index (χ0) is 39.4. The molecule has 1 atom stereocenters. The number of allylic oxidation sites excluding steroid dienone is 8. The summed E-state index contributed by atoms with van der Waals surface area (Å²) in [4.78, 5) is 37.3. The first kappa shape index (κ1) is 51.4. The van der Waals surface area contributed by atoms with E-state index in [0.29, 0.717) is 19.3 Å². The molecule has 0 spiro atoms. The molecule has 0 heterocycles. The zero-order valence-corrected chi connectivity index (χ0v) is 35.5. The number of carbonyl (C=O) groups excluding carboxylic acids is 3. The summed E-state index contributed by atoms with van der Waals surface area (Å²) < 4.78 is 16.5. The molecule has 1 unspecified atom stereocenters. The molecule has 0 aliphatic rings. The predicted octanol–water partition coefficient (Wildman–Crippen LogP) is 14.4. The van der Waals surface area contributed by atoms with Gasteiger partial charge in [-0.3, -0.25) is 14.4 Å². The molecule has 0 saturated heterocycles. The van der Waals surface area contributed by atoms with Gasteiger partial charge in [0.15, 0.2) is 6.10 Å². The van der Waals surface area contributed by atoms with E-state index in [1.54, 1.807) is 0 Å². The summed E-state index contributed by atoms with van der Waals surface area (Å²) in [5.74, 6) is -0.897.